The van der Waals surface area contributed by atoms with Gasteiger partial charge in [0, 0.05) is 19.6 Å². The molecule has 0 N–H and O–H groups in total. The molecule has 0 aliphatic carbocycles. The van der Waals surface area contributed by atoms with Gasteiger partial charge in [0.05, 0.1) is 13.7 Å². The normalized spacial score (nSPS) is 19.8. The Kier molecular flexibility index (Phi) is 6.67. The first-order valence-corrected chi connectivity index (χ1v) is 10.5. The van der Waals surface area contributed by atoms with Gasteiger partial charge in [0.1, 0.15) is 12.2 Å². The van der Waals surface area contributed by atoms with E-state index < -0.39 is 5.60 Å². The highest BCUT2D eigenvalue weighted by Crippen LogP contribution is 2.35. The zero-order chi connectivity index (χ0) is 20.7. The summed E-state index contributed by atoms with van der Waals surface area (Å²) >= 11 is 0. The number of hydrogen-bond donors (Lipinski definition) is 0. The van der Waals surface area contributed by atoms with Crippen LogP contribution in [0, 0.1) is 0 Å². The molecule has 4 heteroatoms. The summed E-state index contributed by atoms with van der Waals surface area (Å²) in [5.74, 6) is 1.48. The Morgan fingerprint density at radius 1 is 0.833 bits per heavy atom. The lowest BCUT2D eigenvalue weighted by Gasteiger charge is -2.33. The van der Waals surface area contributed by atoms with Gasteiger partial charge in [-0.1, -0.05) is 72.8 Å². The second-order valence-electron chi connectivity index (χ2n) is 7.66. The summed E-state index contributed by atoms with van der Waals surface area (Å²) in [5.41, 5.74) is 1.99. The molecule has 1 saturated heterocycles. The largest absolute Gasteiger partial charge is 0.493 e. The summed E-state index contributed by atoms with van der Waals surface area (Å²) in [4.78, 5) is 2.46. The Bertz CT molecular complexity index is 916. The van der Waals surface area contributed by atoms with Gasteiger partial charge in [0.2, 0.25) is 0 Å². The molecule has 1 heterocycles. The fraction of sp³-hybridized carbons (Fsp3) is 0.308. The maximum Gasteiger partial charge on any atom is 0.161 e. The minimum absolute atomic E-state index is 0.441. The summed E-state index contributed by atoms with van der Waals surface area (Å²) in [6.45, 7) is 3.88. The summed E-state index contributed by atoms with van der Waals surface area (Å²) in [6.07, 6.45) is 0.860. The van der Waals surface area contributed by atoms with Crippen molar-refractivity contribution >= 4 is 0 Å². The van der Waals surface area contributed by atoms with E-state index in [-0.39, 0.29) is 0 Å². The number of methoxy groups -OCH3 is 1. The molecule has 1 unspecified atom stereocenters. The molecule has 4 nitrogen and oxygen atoms in total. The quantitative estimate of drug-likeness (QED) is 0.562. The maximum atomic E-state index is 6.53. The minimum atomic E-state index is -0.493. The van der Waals surface area contributed by atoms with Crippen LogP contribution in [0.25, 0.3) is 0 Å². The Hall–Kier alpha value is -2.82. The van der Waals surface area contributed by atoms with Gasteiger partial charge in [-0.3, -0.25) is 4.90 Å². The van der Waals surface area contributed by atoms with Crippen LogP contribution in [0.15, 0.2) is 84.9 Å². The average Bonchev–Trinajstić information content (AvgIpc) is 3.02. The standard InChI is InChI=1S/C26H29NO3/c1-28-24-14-8-9-15-25(24)29-21-26(23-12-6-3-7-13-23)16-17-27(18-19-30-26)20-22-10-4-2-5-11-22/h2-15H,16-21H2,1H3. The zero-order valence-corrected chi connectivity index (χ0v) is 17.5. The number of benzene rings is 3. The van der Waals surface area contributed by atoms with Gasteiger partial charge in [-0.15, -0.1) is 0 Å². The van der Waals surface area contributed by atoms with Gasteiger partial charge >= 0.3 is 0 Å². The Labute approximate surface area is 179 Å². The lowest BCUT2D eigenvalue weighted by Crippen LogP contribution is -2.37. The van der Waals surface area contributed by atoms with E-state index in [4.69, 9.17) is 14.2 Å². The smallest absolute Gasteiger partial charge is 0.161 e. The molecule has 1 aliphatic heterocycles. The van der Waals surface area contributed by atoms with Gasteiger partial charge in [0.25, 0.3) is 0 Å². The maximum absolute atomic E-state index is 6.53. The molecule has 0 aromatic heterocycles. The molecule has 1 aliphatic rings. The third kappa shape index (κ3) is 4.84. The number of ether oxygens (including phenoxy) is 3. The summed E-state index contributed by atoms with van der Waals surface area (Å²) in [7, 11) is 1.67. The lowest BCUT2D eigenvalue weighted by molar-refractivity contribution is -0.0729. The van der Waals surface area contributed by atoms with E-state index in [2.05, 4.69) is 59.5 Å². The summed E-state index contributed by atoms with van der Waals surface area (Å²) in [6, 6.07) is 28.8. The molecule has 30 heavy (non-hydrogen) atoms. The fourth-order valence-corrected chi connectivity index (χ4v) is 3.99. The first-order chi connectivity index (χ1) is 14.8. The Morgan fingerprint density at radius 3 is 2.23 bits per heavy atom. The SMILES string of the molecule is COc1ccccc1OCC1(c2ccccc2)CCN(Cc2ccccc2)CCO1. The number of rotatable bonds is 7. The third-order valence-corrected chi connectivity index (χ3v) is 5.70. The van der Waals surface area contributed by atoms with Crippen LogP contribution < -0.4 is 9.47 Å². The van der Waals surface area contributed by atoms with Crippen LogP contribution in [0.1, 0.15) is 17.5 Å². The van der Waals surface area contributed by atoms with Crippen molar-refractivity contribution in [1.29, 1.82) is 0 Å². The highest BCUT2D eigenvalue weighted by atomic mass is 16.6. The molecule has 1 atom stereocenters. The van der Waals surface area contributed by atoms with Crippen LogP contribution in [0.4, 0.5) is 0 Å². The predicted octanol–water partition coefficient (Wildman–Crippen LogP) is 4.89. The van der Waals surface area contributed by atoms with E-state index in [1.807, 2.05) is 30.3 Å². The molecular weight excluding hydrogens is 374 g/mol. The van der Waals surface area contributed by atoms with E-state index in [9.17, 15) is 0 Å². The van der Waals surface area contributed by atoms with E-state index in [0.717, 1.165) is 43.1 Å². The first kappa shape index (κ1) is 20.5. The van der Waals surface area contributed by atoms with Crippen molar-refractivity contribution in [2.75, 3.05) is 33.4 Å². The highest BCUT2D eigenvalue weighted by molar-refractivity contribution is 5.39. The van der Waals surface area contributed by atoms with Crippen LogP contribution in [-0.2, 0) is 16.9 Å². The number of para-hydroxylation sites is 2. The van der Waals surface area contributed by atoms with Gasteiger partial charge in [-0.2, -0.15) is 0 Å². The molecule has 0 spiro atoms. The monoisotopic (exact) mass is 403 g/mol. The van der Waals surface area contributed by atoms with E-state index in [1.165, 1.54) is 5.56 Å². The molecule has 3 aromatic rings. The van der Waals surface area contributed by atoms with Crippen molar-refractivity contribution in [3.05, 3.63) is 96.1 Å². The molecule has 3 aromatic carbocycles. The Balaban J connectivity index is 1.53. The van der Waals surface area contributed by atoms with Crippen LogP contribution in [0.5, 0.6) is 11.5 Å². The van der Waals surface area contributed by atoms with Crippen molar-refractivity contribution < 1.29 is 14.2 Å². The topological polar surface area (TPSA) is 30.9 Å². The molecule has 0 saturated carbocycles. The zero-order valence-electron chi connectivity index (χ0n) is 17.5. The first-order valence-electron chi connectivity index (χ1n) is 10.5. The van der Waals surface area contributed by atoms with Crippen molar-refractivity contribution in [3.8, 4) is 11.5 Å². The van der Waals surface area contributed by atoms with Crippen LogP contribution in [0.2, 0.25) is 0 Å². The van der Waals surface area contributed by atoms with E-state index >= 15 is 0 Å². The fourth-order valence-electron chi connectivity index (χ4n) is 3.99. The molecule has 156 valence electrons. The molecule has 0 bridgehead atoms. The van der Waals surface area contributed by atoms with E-state index in [0.29, 0.717) is 13.2 Å². The van der Waals surface area contributed by atoms with Gasteiger partial charge in [0.15, 0.2) is 11.5 Å². The van der Waals surface area contributed by atoms with Gasteiger partial charge in [-0.25, -0.2) is 0 Å². The molecule has 4 rings (SSSR count). The second-order valence-corrected chi connectivity index (χ2v) is 7.66. The number of hydrogen-bond acceptors (Lipinski definition) is 4. The second kappa shape index (κ2) is 9.79. The van der Waals surface area contributed by atoms with Gasteiger partial charge < -0.3 is 14.2 Å². The lowest BCUT2D eigenvalue weighted by atomic mass is 9.90. The summed E-state index contributed by atoms with van der Waals surface area (Å²) in [5, 5.41) is 0. The van der Waals surface area contributed by atoms with Crippen molar-refractivity contribution in [3.63, 3.8) is 0 Å². The molecule has 1 fully saturated rings. The van der Waals surface area contributed by atoms with Crippen molar-refractivity contribution in [1.82, 2.24) is 4.90 Å². The minimum Gasteiger partial charge on any atom is -0.493 e. The Morgan fingerprint density at radius 2 is 1.50 bits per heavy atom. The molecule has 0 radical (unpaired) electrons. The predicted molar refractivity (Wildman–Crippen MR) is 119 cm³/mol. The average molecular weight is 404 g/mol. The van der Waals surface area contributed by atoms with E-state index in [1.54, 1.807) is 7.11 Å². The van der Waals surface area contributed by atoms with Crippen LogP contribution in [0.3, 0.4) is 0 Å². The van der Waals surface area contributed by atoms with Crippen molar-refractivity contribution in [2.45, 2.75) is 18.6 Å². The summed E-state index contributed by atoms with van der Waals surface area (Å²) < 4.78 is 18.3. The molecule has 0 amide bonds. The third-order valence-electron chi connectivity index (χ3n) is 5.70. The highest BCUT2D eigenvalue weighted by Gasteiger charge is 2.37. The van der Waals surface area contributed by atoms with Gasteiger partial charge in [-0.05, 0) is 29.7 Å². The molecular formula is C26H29NO3. The number of nitrogens with zero attached hydrogens (tertiary/aromatic N) is 1. The van der Waals surface area contributed by atoms with Crippen LogP contribution in [-0.4, -0.2) is 38.3 Å². The van der Waals surface area contributed by atoms with Crippen LogP contribution >= 0.6 is 0 Å². The van der Waals surface area contributed by atoms with Crippen molar-refractivity contribution in [2.24, 2.45) is 0 Å².